The number of fused-ring (bicyclic) bond motifs is 1. The number of nitrogens with one attached hydrogen (secondary N) is 2. The second-order valence-corrected chi connectivity index (χ2v) is 9.87. The molecule has 2 aliphatic rings. The van der Waals surface area contributed by atoms with E-state index in [9.17, 15) is 14.4 Å². The quantitative estimate of drug-likeness (QED) is 0.454. The molecule has 9 heteroatoms. The highest BCUT2D eigenvalue weighted by molar-refractivity contribution is 5.99. The number of benzene rings is 2. The van der Waals surface area contributed by atoms with Gasteiger partial charge in [0, 0.05) is 37.0 Å². The lowest BCUT2D eigenvalue weighted by Crippen LogP contribution is -2.41. The van der Waals surface area contributed by atoms with Crippen molar-refractivity contribution in [1.29, 1.82) is 0 Å². The van der Waals surface area contributed by atoms with E-state index in [1.807, 2.05) is 44.2 Å². The molecule has 1 aliphatic heterocycles. The summed E-state index contributed by atoms with van der Waals surface area (Å²) in [6, 6.07) is 12.6. The summed E-state index contributed by atoms with van der Waals surface area (Å²) in [6.45, 7) is 5.47. The van der Waals surface area contributed by atoms with Crippen LogP contribution in [0, 0.1) is 11.8 Å². The van der Waals surface area contributed by atoms with Crippen LogP contribution in [0.25, 0.3) is 0 Å². The summed E-state index contributed by atoms with van der Waals surface area (Å²) in [5.74, 6) is 0.207. The van der Waals surface area contributed by atoms with Gasteiger partial charge in [0.1, 0.15) is 11.9 Å². The fraction of sp³-hybridized carbons (Fsp3) is 0.464. The molecule has 0 aromatic heterocycles. The van der Waals surface area contributed by atoms with E-state index >= 15 is 0 Å². The number of carbonyl (C=O) groups excluding carboxylic acids is 2. The number of amides is 3. The zero-order valence-electron chi connectivity index (χ0n) is 21.4. The van der Waals surface area contributed by atoms with E-state index < -0.39 is 5.97 Å². The van der Waals surface area contributed by atoms with Crippen molar-refractivity contribution in [1.82, 2.24) is 4.90 Å². The van der Waals surface area contributed by atoms with Gasteiger partial charge in [0.25, 0.3) is 0 Å². The number of rotatable bonds is 7. The van der Waals surface area contributed by atoms with E-state index in [4.69, 9.17) is 14.6 Å². The van der Waals surface area contributed by atoms with E-state index in [-0.39, 0.29) is 36.5 Å². The van der Waals surface area contributed by atoms with Crippen molar-refractivity contribution in [3.63, 3.8) is 0 Å². The second-order valence-electron chi connectivity index (χ2n) is 9.87. The SMILES string of the molecule is CCOc1cccc(NC(=O)Nc2ccc3c(c2)CCN(C(=O)O[C@@H]2CC[C@@H](CC(=O)O)C[C@H]2C)C3)c1. The van der Waals surface area contributed by atoms with Gasteiger partial charge in [0.05, 0.1) is 6.61 Å². The van der Waals surface area contributed by atoms with Crippen molar-refractivity contribution in [2.24, 2.45) is 11.8 Å². The van der Waals surface area contributed by atoms with Crippen LogP contribution in [0.15, 0.2) is 42.5 Å². The second kappa shape index (κ2) is 12.0. The smallest absolute Gasteiger partial charge is 0.410 e. The molecule has 1 saturated carbocycles. The standard InChI is InChI=1S/C28H35N3O6/c1-3-36-24-6-4-5-22(16-24)29-27(34)30-23-9-8-21-17-31(12-11-20(21)15-23)28(35)37-25-10-7-19(13-18(25)2)14-26(32)33/h4-6,8-9,15-16,18-19,25H,3,7,10-14,17H2,1-2H3,(H,32,33)(H2,29,30,34)/t18-,19-,25-/m1/s1. The molecule has 0 spiro atoms. The molecule has 1 fully saturated rings. The minimum Gasteiger partial charge on any atom is -0.494 e. The summed E-state index contributed by atoms with van der Waals surface area (Å²) in [6.07, 6.45) is 2.55. The highest BCUT2D eigenvalue weighted by atomic mass is 16.6. The van der Waals surface area contributed by atoms with Crippen LogP contribution in [0.2, 0.25) is 0 Å². The monoisotopic (exact) mass is 509 g/mol. The first kappa shape index (κ1) is 26.3. The number of urea groups is 1. The van der Waals surface area contributed by atoms with Crippen molar-refractivity contribution >= 4 is 29.5 Å². The van der Waals surface area contributed by atoms with Gasteiger partial charge in [-0.05, 0) is 79.8 Å². The first-order valence-corrected chi connectivity index (χ1v) is 12.9. The lowest BCUT2D eigenvalue weighted by atomic mass is 9.79. The van der Waals surface area contributed by atoms with Crippen molar-refractivity contribution in [3.05, 3.63) is 53.6 Å². The predicted octanol–water partition coefficient (Wildman–Crippen LogP) is 5.50. The zero-order chi connectivity index (χ0) is 26.4. The first-order chi connectivity index (χ1) is 17.8. The molecule has 3 atom stereocenters. The molecule has 9 nitrogen and oxygen atoms in total. The molecule has 0 unspecified atom stereocenters. The third kappa shape index (κ3) is 7.15. The van der Waals surface area contributed by atoms with Gasteiger partial charge in [-0.3, -0.25) is 4.79 Å². The topological polar surface area (TPSA) is 117 Å². The minimum absolute atomic E-state index is 0.139. The van der Waals surface area contributed by atoms with Crippen LogP contribution in [0.3, 0.4) is 0 Å². The molecule has 0 bridgehead atoms. The summed E-state index contributed by atoms with van der Waals surface area (Å²) in [7, 11) is 0. The maximum Gasteiger partial charge on any atom is 0.410 e. The van der Waals surface area contributed by atoms with E-state index in [1.54, 1.807) is 17.0 Å². The minimum atomic E-state index is -0.772. The number of carbonyl (C=O) groups is 3. The van der Waals surface area contributed by atoms with Crippen molar-refractivity contribution in [3.8, 4) is 5.75 Å². The Labute approximate surface area is 217 Å². The van der Waals surface area contributed by atoms with Gasteiger partial charge in [-0.25, -0.2) is 9.59 Å². The first-order valence-electron chi connectivity index (χ1n) is 12.9. The molecular weight excluding hydrogens is 474 g/mol. The Morgan fingerprint density at radius 3 is 2.57 bits per heavy atom. The lowest BCUT2D eigenvalue weighted by Gasteiger charge is -2.35. The molecule has 0 saturated heterocycles. The number of anilines is 2. The predicted molar refractivity (Wildman–Crippen MR) is 140 cm³/mol. The third-order valence-electron chi connectivity index (χ3n) is 7.05. The van der Waals surface area contributed by atoms with Crippen LogP contribution in [0.5, 0.6) is 5.75 Å². The Morgan fingerprint density at radius 1 is 1.05 bits per heavy atom. The van der Waals surface area contributed by atoms with E-state index in [0.29, 0.717) is 49.7 Å². The number of hydrogen-bond acceptors (Lipinski definition) is 5. The molecule has 2 aromatic carbocycles. The highest BCUT2D eigenvalue weighted by Gasteiger charge is 2.33. The van der Waals surface area contributed by atoms with Gasteiger partial charge in [-0.15, -0.1) is 0 Å². The van der Waals surface area contributed by atoms with Crippen LogP contribution >= 0.6 is 0 Å². The van der Waals surface area contributed by atoms with E-state index in [0.717, 1.165) is 24.0 Å². The van der Waals surface area contributed by atoms with Gasteiger partial charge in [0.15, 0.2) is 0 Å². The van der Waals surface area contributed by atoms with Gasteiger partial charge in [-0.1, -0.05) is 19.1 Å². The average Bonchev–Trinajstić information content (AvgIpc) is 2.85. The van der Waals surface area contributed by atoms with Crippen LogP contribution in [-0.2, 0) is 22.5 Å². The van der Waals surface area contributed by atoms with Gasteiger partial charge >= 0.3 is 18.1 Å². The maximum absolute atomic E-state index is 12.9. The fourth-order valence-corrected chi connectivity index (χ4v) is 5.20. The van der Waals surface area contributed by atoms with Crippen LogP contribution in [-0.4, -0.2) is 47.4 Å². The number of carboxylic acids is 1. The van der Waals surface area contributed by atoms with Crippen molar-refractivity contribution < 1.29 is 29.0 Å². The van der Waals surface area contributed by atoms with E-state index in [1.165, 1.54) is 0 Å². The van der Waals surface area contributed by atoms with Crippen LogP contribution in [0.4, 0.5) is 21.0 Å². The number of nitrogens with zero attached hydrogens (tertiary/aromatic N) is 1. The summed E-state index contributed by atoms with van der Waals surface area (Å²) in [4.78, 5) is 38.1. The van der Waals surface area contributed by atoms with E-state index in [2.05, 4.69) is 10.6 Å². The number of hydrogen-bond donors (Lipinski definition) is 3. The highest BCUT2D eigenvalue weighted by Crippen LogP contribution is 2.34. The fourth-order valence-electron chi connectivity index (χ4n) is 5.20. The van der Waals surface area contributed by atoms with Crippen molar-refractivity contribution in [2.45, 2.75) is 58.6 Å². The molecule has 3 N–H and O–H groups in total. The Bertz CT molecular complexity index is 1140. The Kier molecular flexibility index (Phi) is 8.53. The van der Waals surface area contributed by atoms with Gasteiger partial charge < -0.3 is 30.1 Å². The molecular formula is C28H35N3O6. The zero-order valence-corrected chi connectivity index (χ0v) is 21.4. The normalized spacial score (nSPS) is 20.9. The lowest BCUT2D eigenvalue weighted by molar-refractivity contribution is -0.138. The number of carboxylic acid groups (broad SMARTS) is 1. The van der Waals surface area contributed by atoms with Crippen molar-refractivity contribution in [2.75, 3.05) is 23.8 Å². The molecule has 0 radical (unpaired) electrons. The summed E-state index contributed by atoms with van der Waals surface area (Å²) >= 11 is 0. The molecule has 4 rings (SSSR count). The number of aliphatic carboxylic acids is 1. The average molecular weight is 510 g/mol. The van der Waals surface area contributed by atoms with Gasteiger partial charge in [0.2, 0.25) is 0 Å². The summed E-state index contributed by atoms with van der Waals surface area (Å²) in [5.41, 5.74) is 3.43. The maximum atomic E-state index is 12.9. The third-order valence-corrected chi connectivity index (χ3v) is 7.05. The summed E-state index contributed by atoms with van der Waals surface area (Å²) < 4.78 is 11.3. The Balaban J connectivity index is 1.29. The molecule has 1 aliphatic carbocycles. The molecule has 37 heavy (non-hydrogen) atoms. The Hall–Kier alpha value is -3.75. The summed E-state index contributed by atoms with van der Waals surface area (Å²) in [5, 5.41) is 14.7. The van der Waals surface area contributed by atoms with Gasteiger partial charge in [-0.2, -0.15) is 0 Å². The molecule has 198 valence electrons. The molecule has 3 amide bonds. The largest absolute Gasteiger partial charge is 0.494 e. The molecule has 2 aromatic rings. The van der Waals surface area contributed by atoms with Crippen LogP contribution < -0.4 is 15.4 Å². The number of ether oxygens (including phenoxy) is 2. The Morgan fingerprint density at radius 2 is 1.84 bits per heavy atom. The van der Waals surface area contributed by atoms with Crippen LogP contribution in [0.1, 0.15) is 50.7 Å². The molecule has 1 heterocycles.